The highest BCUT2D eigenvalue weighted by Crippen LogP contribution is 2.39. The van der Waals surface area contributed by atoms with Gasteiger partial charge in [-0.15, -0.1) is 0 Å². The average molecular weight is 380 g/mol. The molecule has 3 rings (SSSR count). The van der Waals surface area contributed by atoms with E-state index >= 15 is 0 Å². The van der Waals surface area contributed by atoms with E-state index in [0.29, 0.717) is 27.8 Å². The number of alkyl halides is 3. The molecule has 134 valence electrons. The van der Waals surface area contributed by atoms with Crippen molar-refractivity contribution in [1.82, 2.24) is 0 Å². The number of benzene rings is 2. The van der Waals surface area contributed by atoms with E-state index in [4.69, 9.17) is 5.11 Å². The monoisotopic (exact) mass is 380 g/mol. The lowest BCUT2D eigenvalue weighted by molar-refractivity contribution is -0.135. The molecule has 1 N–H and O–H groups in total. The van der Waals surface area contributed by atoms with Crippen molar-refractivity contribution < 1.29 is 27.5 Å². The molecule has 1 aliphatic rings. The summed E-state index contributed by atoms with van der Waals surface area (Å²) >= 11 is -0.190. The quantitative estimate of drug-likeness (QED) is 0.534. The van der Waals surface area contributed by atoms with Gasteiger partial charge >= 0.3 is 11.5 Å². The van der Waals surface area contributed by atoms with Crippen LogP contribution in [0.15, 0.2) is 53.4 Å². The molecule has 0 fully saturated rings. The van der Waals surface area contributed by atoms with Crippen LogP contribution in [0, 0.1) is 5.82 Å². The molecule has 0 radical (unpaired) electrons. The summed E-state index contributed by atoms with van der Waals surface area (Å²) in [5, 5.41) is 9.02. The summed E-state index contributed by atoms with van der Waals surface area (Å²) in [6.45, 7) is 0. The Labute approximate surface area is 150 Å². The highest BCUT2D eigenvalue weighted by molar-refractivity contribution is 8.00. The minimum absolute atomic E-state index is 0.0793. The van der Waals surface area contributed by atoms with Crippen molar-refractivity contribution in [1.29, 1.82) is 0 Å². The minimum atomic E-state index is -4.34. The molecule has 0 saturated carbocycles. The Hall–Kier alpha value is -2.54. The highest BCUT2D eigenvalue weighted by Gasteiger charge is 2.29. The molecule has 0 saturated heterocycles. The van der Waals surface area contributed by atoms with Crippen molar-refractivity contribution in [2.45, 2.75) is 16.8 Å². The number of carboxylic acid groups (broad SMARTS) is 1. The average Bonchev–Trinajstić information content (AvgIpc) is 2.84. The Morgan fingerprint density at radius 1 is 1.08 bits per heavy atom. The lowest BCUT2D eigenvalue weighted by atomic mass is 10.0. The summed E-state index contributed by atoms with van der Waals surface area (Å²) < 4.78 is 50.7. The maximum Gasteiger partial charge on any atom is 0.446 e. The number of carbonyl (C=O) groups is 1. The smallest absolute Gasteiger partial charge is 0.446 e. The fourth-order valence-electron chi connectivity index (χ4n) is 2.75. The first-order valence-corrected chi connectivity index (χ1v) is 8.33. The van der Waals surface area contributed by atoms with Gasteiger partial charge in [0.2, 0.25) is 0 Å². The Balaban J connectivity index is 1.93. The van der Waals surface area contributed by atoms with Gasteiger partial charge < -0.3 is 5.11 Å². The molecule has 0 unspecified atom stereocenters. The van der Waals surface area contributed by atoms with Gasteiger partial charge in [-0.3, -0.25) is 4.79 Å². The van der Waals surface area contributed by atoms with Gasteiger partial charge in [-0.05, 0) is 76.0 Å². The van der Waals surface area contributed by atoms with Crippen LogP contribution in [-0.4, -0.2) is 16.6 Å². The molecule has 0 amide bonds. The van der Waals surface area contributed by atoms with Crippen molar-refractivity contribution in [2.75, 3.05) is 0 Å². The number of allylic oxidation sites excluding steroid dienone is 2. The first-order valence-electron chi connectivity index (χ1n) is 7.51. The molecule has 0 spiro atoms. The van der Waals surface area contributed by atoms with E-state index in [1.807, 2.05) is 0 Å². The number of hydrogen-bond donors (Lipinski definition) is 1. The van der Waals surface area contributed by atoms with Crippen molar-refractivity contribution >= 4 is 35.0 Å². The molecule has 2 aromatic rings. The van der Waals surface area contributed by atoms with Crippen LogP contribution in [0.1, 0.15) is 23.1 Å². The number of rotatable bonds is 4. The molecule has 0 aliphatic heterocycles. The van der Waals surface area contributed by atoms with Crippen LogP contribution in [0.25, 0.3) is 17.2 Å². The molecule has 2 aromatic carbocycles. The van der Waals surface area contributed by atoms with Crippen LogP contribution >= 0.6 is 11.8 Å². The molecule has 1 aliphatic carbocycles. The number of halogens is 4. The second-order valence-corrected chi connectivity index (χ2v) is 6.78. The molecule has 0 aromatic heterocycles. The van der Waals surface area contributed by atoms with Crippen LogP contribution in [0.5, 0.6) is 0 Å². The fraction of sp³-hybridized carbons (Fsp3) is 0.105. The maximum atomic E-state index is 13.5. The van der Waals surface area contributed by atoms with E-state index in [-0.39, 0.29) is 23.1 Å². The van der Waals surface area contributed by atoms with E-state index in [2.05, 4.69) is 0 Å². The zero-order valence-electron chi connectivity index (χ0n) is 13.2. The molecule has 0 atom stereocenters. The van der Waals surface area contributed by atoms with Gasteiger partial charge in [-0.1, -0.05) is 18.2 Å². The van der Waals surface area contributed by atoms with Crippen LogP contribution in [0.2, 0.25) is 0 Å². The molecule has 0 heterocycles. The van der Waals surface area contributed by atoms with E-state index < -0.39 is 17.3 Å². The largest absolute Gasteiger partial charge is 0.481 e. The molecule has 2 nitrogen and oxygen atoms in total. The van der Waals surface area contributed by atoms with E-state index in [0.717, 1.165) is 0 Å². The van der Waals surface area contributed by atoms with E-state index in [1.54, 1.807) is 30.4 Å². The second-order valence-electron chi connectivity index (χ2n) is 5.65. The Morgan fingerprint density at radius 2 is 1.77 bits per heavy atom. The fourth-order valence-corrected chi connectivity index (χ4v) is 3.29. The third kappa shape index (κ3) is 4.35. The predicted molar refractivity (Wildman–Crippen MR) is 92.9 cm³/mol. The topological polar surface area (TPSA) is 37.3 Å². The zero-order valence-corrected chi connectivity index (χ0v) is 14.0. The van der Waals surface area contributed by atoms with Gasteiger partial charge in [0.1, 0.15) is 5.82 Å². The van der Waals surface area contributed by atoms with Gasteiger partial charge in [0.05, 0.1) is 6.42 Å². The van der Waals surface area contributed by atoms with Crippen LogP contribution in [0.4, 0.5) is 17.6 Å². The number of fused-ring (bicyclic) bond motifs is 1. The normalized spacial score (nSPS) is 15.1. The van der Waals surface area contributed by atoms with E-state index in [1.165, 1.54) is 24.3 Å². The Bertz CT molecular complexity index is 912. The summed E-state index contributed by atoms with van der Waals surface area (Å²) in [5.41, 5.74) is -1.30. The number of thioether (sulfide) groups is 1. The summed E-state index contributed by atoms with van der Waals surface area (Å²) in [6.07, 6.45) is 3.15. The molecule has 26 heavy (non-hydrogen) atoms. The highest BCUT2D eigenvalue weighted by atomic mass is 32.2. The SMILES string of the molecule is O=C(O)CC1=C/C(=C/c2ccc(SC(F)(F)F)cc2)c2ccc(F)cc21. The van der Waals surface area contributed by atoms with Gasteiger partial charge in [0.25, 0.3) is 0 Å². The van der Waals surface area contributed by atoms with Crippen LogP contribution in [-0.2, 0) is 4.79 Å². The maximum absolute atomic E-state index is 13.5. The summed E-state index contributed by atoms with van der Waals surface area (Å²) in [4.78, 5) is 11.1. The standard InChI is InChI=1S/C19H12F4O2S/c20-14-3-6-16-12(8-13(9-18(24)25)17(16)10-14)7-11-1-4-15(5-2-11)26-19(21,22)23/h1-8,10H,9H2,(H,24,25)/b12-7-. The summed E-state index contributed by atoms with van der Waals surface area (Å²) in [7, 11) is 0. The molecule has 7 heteroatoms. The Kier molecular flexibility index (Phi) is 4.91. The van der Waals surface area contributed by atoms with Crippen molar-refractivity contribution in [2.24, 2.45) is 0 Å². The second kappa shape index (κ2) is 6.99. The van der Waals surface area contributed by atoms with Crippen molar-refractivity contribution in [3.63, 3.8) is 0 Å². The zero-order chi connectivity index (χ0) is 18.9. The lowest BCUT2D eigenvalue weighted by Crippen LogP contribution is -1.98. The number of aliphatic carboxylic acids is 1. The summed E-state index contributed by atoms with van der Waals surface area (Å²) in [5.74, 6) is -1.49. The van der Waals surface area contributed by atoms with Gasteiger partial charge in [0, 0.05) is 4.90 Å². The van der Waals surface area contributed by atoms with E-state index in [9.17, 15) is 22.4 Å². The predicted octanol–water partition coefficient (Wildman–Crippen LogP) is 5.85. The van der Waals surface area contributed by atoms with Crippen molar-refractivity contribution in [3.05, 3.63) is 71.0 Å². The number of carboxylic acids is 1. The van der Waals surface area contributed by atoms with Gasteiger partial charge in [-0.25, -0.2) is 4.39 Å². The van der Waals surface area contributed by atoms with Crippen LogP contribution < -0.4 is 0 Å². The molecular formula is C19H12F4O2S. The molecular weight excluding hydrogens is 368 g/mol. The van der Waals surface area contributed by atoms with Gasteiger partial charge in [-0.2, -0.15) is 13.2 Å². The van der Waals surface area contributed by atoms with Gasteiger partial charge in [0.15, 0.2) is 0 Å². The first kappa shape index (κ1) is 18.3. The number of hydrogen-bond acceptors (Lipinski definition) is 2. The lowest BCUT2D eigenvalue weighted by Gasteiger charge is -2.06. The minimum Gasteiger partial charge on any atom is -0.481 e. The van der Waals surface area contributed by atoms with Crippen LogP contribution in [0.3, 0.4) is 0 Å². The Morgan fingerprint density at radius 3 is 2.38 bits per heavy atom. The molecule has 0 bridgehead atoms. The first-order chi connectivity index (χ1) is 12.2. The third-order valence-electron chi connectivity index (χ3n) is 3.75. The van der Waals surface area contributed by atoms with Crippen molar-refractivity contribution in [3.8, 4) is 0 Å². The third-order valence-corrected chi connectivity index (χ3v) is 4.49. The summed E-state index contributed by atoms with van der Waals surface area (Å²) in [6, 6.07) is 9.97.